The maximum absolute atomic E-state index is 9.94. The van der Waals surface area contributed by atoms with Crippen molar-refractivity contribution in [2.75, 3.05) is 0 Å². The summed E-state index contributed by atoms with van der Waals surface area (Å²) >= 11 is 0. The van der Waals surface area contributed by atoms with Crippen LogP contribution in [0.3, 0.4) is 0 Å². The van der Waals surface area contributed by atoms with Gasteiger partial charge < -0.3 is 5.11 Å². The molecule has 0 heterocycles. The summed E-state index contributed by atoms with van der Waals surface area (Å²) in [5.41, 5.74) is -0.444. The lowest BCUT2D eigenvalue weighted by atomic mass is 9.65. The van der Waals surface area contributed by atoms with E-state index in [4.69, 9.17) is 0 Å². The summed E-state index contributed by atoms with van der Waals surface area (Å²) in [6.07, 6.45) is 4.21. The van der Waals surface area contributed by atoms with E-state index in [1.807, 2.05) is 6.92 Å². The third-order valence-electron chi connectivity index (χ3n) is 4.11. The quantitative estimate of drug-likeness (QED) is 0.776. The van der Waals surface area contributed by atoms with Crippen molar-refractivity contribution < 1.29 is 5.11 Å². The van der Waals surface area contributed by atoms with Crippen LogP contribution in [-0.4, -0.2) is 11.2 Å². The largest absolute Gasteiger partial charge is 0.391 e. The Hall–Kier alpha value is -0.550. The molecule has 1 unspecified atom stereocenters. The molecule has 0 saturated heterocycles. The fraction of sp³-hybridized carbons (Fsp3) is 0.923. The highest BCUT2D eigenvalue weighted by Crippen LogP contribution is 2.43. The number of nitrogens with zero attached hydrogens (tertiary/aromatic N) is 1. The Balaban J connectivity index is 2.64. The molecule has 86 valence electrons. The van der Waals surface area contributed by atoms with Gasteiger partial charge >= 0.3 is 0 Å². The monoisotopic (exact) mass is 209 g/mol. The summed E-state index contributed by atoms with van der Waals surface area (Å²) in [5, 5.41) is 19.2. The first-order chi connectivity index (χ1) is 7.05. The van der Waals surface area contributed by atoms with Crippen LogP contribution in [-0.2, 0) is 0 Å². The van der Waals surface area contributed by atoms with Gasteiger partial charge in [0.2, 0.25) is 0 Å². The van der Waals surface area contributed by atoms with Crippen LogP contribution in [0.5, 0.6) is 0 Å². The Morgan fingerprint density at radius 2 is 1.93 bits per heavy atom. The molecule has 1 aliphatic rings. The molecule has 0 amide bonds. The van der Waals surface area contributed by atoms with Gasteiger partial charge in [0.15, 0.2) is 0 Å². The van der Waals surface area contributed by atoms with Crippen LogP contribution in [0.15, 0.2) is 0 Å². The molecule has 0 aliphatic heterocycles. The predicted molar refractivity (Wildman–Crippen MR) is 61.1 cm³/mol. The molecule has 2 heteroatoms. The minimum Gasteiger partial charge on any atom is -0.391 e. The van der Waals surface area contributed by atoms with E-state index >= 15 is 0 Å². The van der Waals surface area contributed by atoms with E-state index in [0.717, 1.165) is 31.6 Å². The van der Waals surface area contributed by atoms with E-state index in [1.54, 1.807) is 0 Å². The first kappa shape index (κ1) is 12.5. The van der Waals surface area contributed by atoms with Gasteiger partial charge in [0.05, 0.1) is 17.6 Å². The summed E-state index contributed by atoms with van der Waals surface area (Å²) < 4.78 is 0. The Morgan fingerprint density at radius 3 is 2.27 bits per heavy atom. The molecule has 0 spiro atoms. The Labute approximate surface area is 93.3 Å². The molecule has 1 N–H and O–H groups in total. The minimum absolute atomic E-state index is 0.435. The molecule has 1 saturated carbocycles. The number of aliphatic hydroxyl groups excluding tert-OH is 1. The molecule has 1 rings (SSSR count). The lowest BCUT2D eigenvalue weighted by Gasteiger charge is -2.39. The second kappa shape index (κ2) is 4.99. The van der Waals surface area contributed by atoms with Crippen molar-refractivity contribution >= 4 is 0 Å². The zero-order valence-corrected chi connectivity index (χ0v) is 10.2. The van der Waals surface area contributed by atoms with E-state index in [9.17, 15) is 10.4 Å². The van der Waals surface area contributed by atoms with Crippen molar-refractivity contribution in [1.29, 1.82) is 5.26 Å². The summed E-state index contributed by atoms with van der Waals surface area (Å²) in [5.74, 6) is 1.45. The molecule has 1 atom stereocenters. The third kappa shape index (κ3) is 2.52. The lowest BCUT2D eigenvalue weighted by molar-refractivity contribution is 0.0182. The Kier molecular flexibility index (Phi) is 4.16. The second-order valence-corrected chi connectivity index (χ2v) is 5.27. The SMILES string of the molecule is CCC(O)C1(C#N)CCC(C(C)C)CC1. The van der Waals surface area contributed by atoms with Crippen LogP contribution in [0.25, 0.3) is 0 Å². The predicted octanol–water partition coefficient (Wildman–Crippen LogP) is 3.11. The molecule has 0 bridgehead atoms. The summed E-state index contributed by atoms with van der Waals surface area (Å²) in [4.78, 5) is 0. The highest BCUT2D eigenvalue weighted by atomic mass is 16.3. The molecule has 1 aliphatic carbocycles. The third-order valence-corrected chi connectivity index (χ3v) is 4.11. The van der Waals surface area contributed by atoms with E-state index in [1.165, 1.54) is 0 Å². The standard InChI is InChI=1S/C13H23NO/c1-4-12(15)13(9-14)7-5-11(6-8-13)10(2)3/h10-12,15H,4-8H2,1-3H3. The molecular formula is C13H23NO. The van der Waals surface area contributed by atoms with Crippen molar-refractivity contribution in [2.45, 2.75) is 59.0 Å². The van der Waals surface area contributed by atoms with E-state index in [0.29, 0.717) is 12.3 Å². The van der Waals surface area contributed by atoms with Crippen LogP contribution in [0.2, 0.25) is 0 Å². The first-order valence-electron chi connectivity index (χ1n) is 6.15. The zero-order valence-electron chi connectivity index (χ0n) is 10.2. The van der Waals surface area contributed by atoms with Crippen molar-refractivity contribution in [3.63, 3.8) is 0 Å². The van der Waals surface area contributed by atoms with Crippen molar-refractivity contribution in [2.24, 2.45) is 17.3 Å². The number of nitriles is 1. The van der Waals surface area contributed by atoms with Gasteiger partial charge in [-0.1, -0.05) is 20.8 Å². The number of hydrogen-bond acceptors (Lipinski definition) is 2. The lowest BCUT2D eigenvalue weighted by Crippen LogP contribution is -2.38. The van der Waals surface area contributed by atoms with Crippen LogP contribution in [0.1, 0.15) is 52.9 Å². The fourth-order valence-corrected chi connectivity index (χ4v) is 2.73. The second-order valence-electron chi connectivity index (χ2n) is 5.27. The van der Waals surface area contributed by atoms with Gasteiger partial charge in [-0.2, -0.15) is 5.26 Å². The summed E-state index contributed by atoms with van der Waals surface area (Å²) in [6.45, 7) is 6.46. The number of aliphatic hydroxyl groups is 1. The van der Waals surface area contributed by atoms with E-state index in [2.05, 4.69) is 19.9 Å². The highest BCUT2D eigenvalue weighted by Gasteiger charge is 2.41. The Bertz CT molecular complexity index is 233. The summed E-state index contributed by atoms with van der Waals surface area (Å²) in [7, 11) is 0. The van der Waals surface area contributed by atoms with E-state index < -0.39 is 11.5 Å². The van der Waals surface area contributed by atoms with Crippen LogP contribution in [0.4, 0.5) is 0 Å². The number of rotatable bonds is 3. The zero-order chi connectivity index (χ0) is 11.5. The normalized spacial score (nSPS) is 33.7. The van der Waals surface area contributed by atoms with Gasteiger partial charge in [-0.25, -0.2) is 0 Å². The first-order valence-corrected chi connectivity index (χ1v) is 6.15. The topological polar surface area (TPSA) is 44.0 Å². The van der Waals surface area contributed by atoms with Crippen molar-refractivity contribution in [3.8, 4) is 6.07 Å². The minimum atomic E-state index is -0.444. The average molecular weight is 209 g/mol. The summed E-state index contributed by atoms with van der Waals surface area (Å²) in [6, 6.07) is 2.38. The highest BCUT2D eigenvalue weighted by molar-refractivity contribution is 5.05. The molecule has 0 aromatic carbocycles. The Morgan fingerprint density at radius 1 is 1.40 bits per heavy atom. The maximum Gasteiger partial charge on any atom is 0.0832 e. The average Bonchev–Trinajstić information content (AvgIpc) is 2.27. The van der Waals surface area contributed by atoms with Gasteiger partial charge in [0.25, 0.3) is 0 Å². The molecule has 2 nitrogen and oxygen atoms in total. The molecule has 15 heavy (non-hydrogen) atoms. The van der Waals surface area contributed by atoms with Crippen molar-refractivity contribution in [1.82, 2.24) is 0 Å². The number of hydrogen-bond donors (Lipinski definition) is 1. The van der Waals surface area contributed by atoms with Gasteiger partial charge in [-0.05, 0) is 43.9 Å². The van der Waals surface area contributed by atoms with Crippen molar-refractivity contribution in [3.05, 3.63) is 0 Å². The maximum atomic E-state index is 9.94. The van der Waals surface area contributed by atoms with Gasteiger partial charge in [-0.15, -0.1) is 0 Å². The van der Waals surface area contributed by atoms with Crippen LogP contribution >= 0.6 is 0 Å². The molecule has 0 radical (unpaired) electrons. The molecule has 0 aromatic rings. The van der Waals surface area contributed by atoms with Crippen LogP contribution in [0, 0.1) is 28.6 Å². The molecule has 1 fully saturated rings. The fourth-order valence-electron chi connectivity index (χ4n) is 2.73. The van der Waals surface area contributed by atoms with Gasteiger partial charge in [0, 0.05) is 0 Å². The van der Waals surface area contributed by atoms with E-state index in [-0.39, 0.29) is 0 Å². The molecular weight excluding hydrogens is 186 g/mol. The smallest absolute Gasteiger partial charge is 0.0832 e. The van der Waals surface area contributed by atoms with Crippen LogP contribution < -0.4 is 0 Å². The van der Waals surface area contributed by atoms with Gasteiger partial charge in [-0.3, -0.25) is 0 Å². The van der Waals surface area contributed by atoms with Gasteiger partial charge in [0.1, 0.15) is 0 Å². The molecule has 0 aromatic heterocycles.